The van der Waals surface area contributed by atoms with E-state index < -0.39 is 53.6 Å². The van der Waals surface area contributed by atoms with Crippen LogP contribution < -0.4 is 10.6 Å². The Labute approximate surface area is 165 Å². The van der Waals surface area contributed by atoms with E-state index in [0.29, 0.717) is 11.6 Å². The number of nitrogens with one attached hydrogen (secondary N) is 2. The maximum atomic E-state index is 13.5. The summed E-state index contributed by atoms with van der Waals surface area (Å²) in [5, 5.41) is 4.22. The van der Waals surface area contributed by atoms with Crippen molar-refractivity contribution in [2.24, 2.45) is 0 Å². The molecule has 0 spiro atoms. The Morgan fingerprint density at radius 2 is 1.72 bits per heavy atom. The van der Waals surface area contributed by atoms with E-state index in [2.05, 4.69) is 5.32 Å². The molecular formula is C20H19F3N2O4. The van der Waals surface area contributed by atoms with Gasteiger partial charge in [-0.15, -0.1) is 0 Å². The van der Waals surface area contributed by atoms with E-state index in [4.69, 9.17) is 4.74 Å². The van der Waals surface area contributed by atoms with Crippen molar-refractivity contribution < 1.29 is 32.3 Å². The molecule has 9 heteroatoms. The molecule has 154 valence electrons. The fourth-order valence-electron chi connectivity index (χ4n) is 2.38. The van der Waals surface area contributed by atoms with E-state index in [1.54, 1.807) is 19.1 Å². The number of hydrogen-bond donors (Lipinski definition) is 2. The topological polar surface area (TPSA) is 84.5 Å². The number of anilines is 1. The third-order valence-corrected chi connectivity index (χ3v) is 4.21. The van der Waals surface area contributed by atoms with E-state index in [9.17, 15) is 27.6 Å². The molecule has 2 aromatic rings. The molecule has 0 saturated heterocycles. The lowest BCUT2D eigenvalue weighted by molar-refractivity contribution is -0.130. The standard InChI is InChI=1S/C20H19F3N2O4/c1-10-5-4-6-13(11(10)2)20(28)29-12(3)19(27)24-9-16(26)25-15-8-7-14(21)17(22)18(15)23/h4-8,12H,9H2,1-3H3,(H,24,27)(H,25,26). The highest BCUT2D eigenvalue weighted by Crippen LogP contribution is 2.19. The van der Waals surface area contributed by atoms with Crippen molar-refractivity contribution in [3.8, 4) is 0 Å². The van der Waals surface area contributed by atoms with E-state index >= 15 is 0 Å². The number of carbonyl (C=O) groups is 3. The normalized spacial score (nSPS) is 11.5. The molecule has 1 unspecified atom stereocenters. The third-order valence-electron chi connectivity index (χ3n) is 4.21. The Kier molecular flexibility index (Phi) is 6.98. The van der Waals surface area contributed by atoms with Crippen molar-refractivity contribution in [2.75, 3.05) is 11.9 Å². The third kappa shape index (κ3) is 5.34. The van der Waals surface area contributed by atoms with Gasteiger partial charge >= 0.3 is 5.97 Å². The van der Waals surface area contributed by atoms with Crippen molar-refractivity contribution in [1.29, 1.82) is 0 Å². The second-order valence-electron chi connectivity index (χ2n) is 6.28. The van der Waals surface area contributed by atoms with Crippen LogP contribution in [0.3, 0.4) is 0 Å². The van der Waals surface area contributed by atoms with Crippen LogP contribution >= 0.6 is 0 Å². The Hall–Kier alpha value is -3.36. The van der Waals surface area contributed by atoms with E-state index in [1.807, 2.05) is 18.3 Å². The molecule has 1 atom stereocenters. The van der Waals surface area contributed by atoms with Crippen LogP contribution in [0.15, 0.2) is 30.3 Å². The van der Waals surface area contributed by atoms with Crippen molar-refractivity contribution in [3.63, 3.8) is 0 Å². The summed E-state index contributed by atoms with van der Waals surface area (Å²) in [6.45, 7) is 4.31. The summed E-state index contributed by atoms with van der Waals surface area (Å²) in [7, 11) is 0. The van der Waals surface area contributed by atoms with Gasteiger partial charge in [-0.3, -0.25) is 9.59 Å². The minimum Gasteiger partial charge on any atom is -0.449 e. The summed E-state index contributed by atoms with van der Waals surface area (Å²) in [6, 6.07) is 6.59. The van der Waals surface area contributed by atoms with Crippen molar-refractivity contribution in [2.45, 2.75) is 26.9 Å². The first-order valence-electron chi connectivity index (χ1n) is 8.60. The highest BCUT2D eigenvalue weighted by atomic mass is 19.2. The average molecular weight is 408 g/mol. The van der Waals surface area contributed by atoms with Crippen LogP contribution in [0, 0.1) is 31.3 Å². The summed E-state index contributed by atoms with van der Waals surface area (Å²) in [4.78, 5) is 36.0. The predicted octanol–water partition coefficient (Wildman–Crippen LogP) is 3.02. The number of halogens is 3. The SMILES string of the molecule is Cc1cccc(C(=O)OC(C)C(=O)NCC(=O)Nc2ccc(F)c(F)c2F)c1C. The van der Waals surface area contributed by atoms with Gasteiger partial charge in [0.05, 0.1) is 17.8 Å². The second-order valence-corrected chi connectivity index (χ2v) is 6.28. The molecule has 0 bridgehead atoms. The van der Waals surface area contributed by atoms with Crippen LogP contribution in [-0.4, -0.2) is 30.4 Å². The smallest absolute Gasteiger partial charge is 0.339 e. The predicted molar refractivity (Wildman–Crippen MR) is 98.7 cm³/mol. The van der Waals surface area contributed by atoms with E-state index in [1.165, 1.54) is 6.92 Å². The number of aryl methyl sites for hydroxylation is 1. The lowest BCUT2D eigenvalue weighted by Gasteiger charge is -2.15. The van der Waals surface area contributed by atoms with Gasteiger partial charge in [-0.1, -0.05) is 12.1 Å². The molecular weight excluding hydrogens is 389 g/mol. The molecule has 29 heavy (non-hydrogen) atoms. The Balaban J connectivity index is 1.90. The second kappa shape index (κ2) is 9.22. The van der Waals surface area contributed by atoms with Crippen LogP contribution in [0.2, 0.25) is 0 Å². The monoisotopic (exact) mass is 408 g/mol. The minimum atomic E-state index is -1.72. The fraction of sp³-hybridized carbons (Fsp3) is 0.250. The number of ether oxygens (including phenoxy) is 1. The molecule has 6 nitrogen and oxygen atoms in total. The molecule has 0 aromatic heterocycles. The molecule has 2 N–H and O–H groups in total. The lowest BCUT2D eigenvalue weighted by atomic mass is 10.0. The van der Waals surface area contributed by atoms with Gasteiger partial charge in [0, 0.05) is 0 Å². The molecule has 2 rings (SSSR count). The van der Waals surface area contributed by atoms with Gasteiger partial charge in [0.2, 0.25) is 5.91 Å². The number of carbonyl (C=O) groups excluding carboxylic acids is 3. The summed E-state index contributed by atoms with van der Waals surface area (Å²) < 4.78 is 44.7. The van der Waals surface area contributed by atoms with Gasteiger partial charge in [-0.25, -0.2) is 18.0 Å². The van der Waals surface area contributed by atoms with Gasteiger partial charge in [-0.05, 0) is 50.1 Å². The van der Waals surface area contributed by atoms with Crippen LogP contribution in [-0.2, 0) is 14.3 Å². The van der Waals surface area contributed by atoms with Crippen LogP contribution in [0.5, 0.6) is 0 Å². The van der Waals surface area contributed by atoms with Gasteiger partial charge in [-0.2, -0.15) is 0 Å². The first-order chi connectivity index (χ1) is 13.6. The number of benzene rings is 2. The summed E-state index contributed by atoms with van der Waals surface area (Å²) in [5.41, 5.74) is 1.35. The molecule has 0 aliphatic carbocycles. The van der Waals surface area contributed by atoms with Crippen LogP contribution in [0.1, 0.15) is 28.4 Å². The van der Waals surface area contributed by atoms with Crippen molar-refractivity contribution in [3.05, 3.63) is 64.5 Å². The first-order valence-corrected chi connectivity index (χ1v) is 8.60. The Morgan fingerprint density at radius 3 is 2.41 bits per heavy atom. The molecule has 0 saturated carbocycles. The number of esters is 1. The molecule has 2 aromatic carbocycles. The van der Waals surface area contributed by atoms with Crippen molar-refractivity contribution in [1.82, 2.24) is 5.32 Å². The van der Waals surface area contributed by atoms with Gasteiger partial charge in [0.1, 0.15) is 0 Å². The zero-order valence-electron chi connectivity index (χ0n) is 15.9. The number of rotatable bonds is 6. The quantitative estimate of drug-likeness (QED) is 0.569. The molecule has 2 amide bonds. The largest absolute Gasteiger partial charge is 0.449 e. The number of amides is 2. The summed E-state index contributed by atoms with van der Waals surface area (Å²) in [6.07, 6.45) is -1.20. The summed E-state index contributed by atoms with van der Waals surface area (Å²) >= 11 is 0. The lowest BCUT2D eigenvalue weighted by Crippen LogP contribution is -2.40. The van der Waals surface area contributed by atoms with Gasteiger partial charge in [0.15, 0.2) is 23.6 Å². The zero-order chi connectivity index (χ0) is 21.7. The maximum Gasteiger partial charge on any atom is 0.339 e. The Morgan fingerprint density at radius 1 is 1.03 bits per heavy atom. The van der Waals surface area contributed by atoms with E-state index in [-0.39, 0.29) is 0 Å². The molecule has 0 aliphatic rings. The highest BCUT2D eigenvalue weighted by Gasteiger charge is 2.21. The molecule has 0 aliphatic heterocycles. The van der Waals surface area contributed by atoms with Crippen LogP contribution in [0.4, 0.5) is 18.9 Å². The molecule has 0 fully saturated rings. The van der Waals surface area contributed by atoms with Crippen molar-refractivity contribution >= 4 is 23.5 Å². The van der Waals surface area contributed by atoms with Gasteiger partial charge < -0.3 is 15.4 Å². The molecule has 0 heterocycles. The van der Waals surface area contributed by atoms with Crippen LogP contribution in [0.25, 0.3) is 0 Å². The van der Waals surface area contributed by atoms with E-state index in [0.717, 1.165) is 17.2 Å². The maximum absolute atomic E-state index is 13.5. The highest BCUT2D eigenvalue weighted by molar-refractivity contribution is 5.96. The summed E-state index contributed by atoms with van der Waals surface area (Å²) in [5.74, 6) is -7.00. The van der Waals surface area contributed by atoms with Gasteiger partial charge in [0.25, 0.3) is 5.91 Å². The fourth-order valence-corrected chi connectivity index (χ4v) is 2.38. The molecule has 0 radical (unpaired) electrons. The minimum absolute atomic E-state index is 0.316. The first kappa shape index (κ1) is 21.9. The number of hydrogen-bond acceptors (Lipinski definition) is 4. The zero-order valence-corrected chi connectivity index (χ0v) is 15.9. The Bertz CT molecular complexity index is 963. The average Bonchev–Trinajstić information content (AvgIpc) is 2.68.